The molecule has 4 nitrogen and oxygen atoms in total. The minimum absolute atomic E-state index is 0.00407. The number of halogens is 2. The molecule has 0 aliphatic heterocycles. The number of carbonyl (C=O) groups is 1. The van der Waals surface area contributed by atoms with E-state index < -0.39 is 9.84 Å². The average Bonchev–Trinajstić information content (AvgIpc) is 3.28. The molecular weight excluding hydrogens is 357 g/mol. The summed E-state index contributed by atoms with van der Waals surface area (Å²) in [6.07, 6.45) is 0.758. The maximum atomic E-state index is 12.5. The van der Waals surface area contributed by atoms with Gasteiger partial charge >= 0.3 is 0 Å². The van der Waals surface area contributed by atoms with Crippen LogP contribution >= 0.6 is 23.2 Å². The molecule has 0 heterocycles. The van der Waals surface area contributed by atoms with Gasteiger partial charge in [0.1, 0.15) is 0 Å². The van der Waals surface area contributed by atoms with Crippen LogP contribution in [0.4, 0.5) is 0 Å². The van der Waals surface area contributed by atoms with Gasteiger partial charge in [0.25, 0.3) is 0 Å². The Balaban J connectivity index is 2.00. The largest absolute Gasteiger partial charge is 0.342 e. The van der Waals surface area contributed by atoms with Crippen molar-refractivity contribution in [3.8, 4) is 0 Å². The van der Waals surface area contributed by atoms with Gasteiger partial charge in [-0.3, -0.25) is 4.79 Å². The quantitative estimate of drug-likeness (QED) is 0.763. The number of hydrogen-bond donors (Lipinski definition) is 0. The molecule has 1 aliphatic rings. The topological polar surface area (TPSA) is 54.5 Å². The number of nitrogens with zero attached hydrogens (tertiary/aromatic N) is 1. The summed E-state index contributed by atoms with van der Waals surface area (Å²) in [4.78, 5) is 14.1. The Labute approximate surface area is 147 Å². The van der Waals surface area contributed by atoms with E-state index in [4.69, 9.17) is 23.2 Å². The highest BCUT2D eigenvalue weighted by molar-refractivity contribution is 7.91. The third-order valence-electron chi connectivity index (χ3n) is 4.42. The van der Waals surface area contributed by atoms with Crippen molar-refractivity contribution in [2.75, 3.05) is 18.6 Å². The maximum Gasteiger partial charge on any atom is 0.226 e. The monoisotopic (exact) mass is 377 g/mol. The molecule has 0 N–H and O–H groups in total. The Morgan fingerprint density at radius 3 is 2.57 bits per heavy atom. The number of benzene rings is 1. The number of rotatable bonds is 6. The fourth-order valence-electron chi connectivity index (χ4n) is 2.66. The predicted molar refractivity (Wildman–Crippen MR) is 93.9 cm³/mol. The smallest absolute Gasteiger partial charge is 0.226 e. The molecule has 0 saturated heterocycles. The molecule has 7 heteroatoms. The van der Waals surface area contributed by atoms with Gasteiger partial charge in [-0.2, -0.15) is 0 Å². The van der Waals surface area contributed by atoms with Gasteiger partial charge in [0.05, 0.1) is 15.8 Å². The van der Waals surface area contributed by atoms with Crippen LogP contribution < -0.4 is 0 Å². The Morgan fingerprint density at radius 1 is 1.35 bits per heavy atom. The second kappa shape index (κ2) is 6.99. The van der Waals surface area contributed by atoms with Crippen LogP contribution in [0, 0.1) is 5.92 Å². The molecule has 1 fully saturated rings. The lowest BCUT2D eigenvalue weighted by molar-refractivity contribution is -0.132. The van der Waals surface area contributed by atoms with Crippen molar-refractivity contribution >= 4 is 38.9 Å². The molecule has 2 rings (SSSR count). The molecule has 0 radical (unpaired) electrons. The van der Waals surface area contributed by atoms with Gasteiger partial charge in [-0.05, 0) is 37.0 Å². The van der Waals surface area contributed by atoms with Crippen LogP contribution in [0.2, 0.25) is 10.0 Å². The molecular formula is C16H21Cl2NO3S. The second-order valence-electron chi connectivity index (χ2n) is 6.12. The predicted octanol–water partition coefficient (Wildman–Crippen LogP) is 3.38. The number of sulfone groups is 1. The minimum Gasteiger partial charge on any atom is -0.342 e. The van der Waals surface area contributed by atoms with Gasteiger partial charge in [-0.1, -0.05) is 36.2 Å². The average molecular weight is 378 g/mol. The van der Waals surface area contributed by atoms with Crippen LogP contribution in [-0.4, -0.2) is 43.8 Å². The lowest BCUT2D eigenvalue weighted by atomic mass is 10.1. The van der Waals surface area contributed by atoms with Crippen LogP contribution in [0.5, 0.6) is 0 Å². The zero-order valence-electron chi connectivity index (χ0n) is 13.4. The van der Waals surface area contributed by atoms with E-state index >= 15 is 0 Å². The van der Waals surface area contributed by atoms with E-state index in [-0.39, 0.29) is 35.3 Å². The summed E-state index contributed by atoms with van der Waals surface area (Å²) in [5.74, 6) is 0.100. The Morgan fingerprint density at radius 2 is 2.00 bits per heavy atom. The molecule has 128 valence electrons. The Bertz CT molecular complexity index is 705. The van der Waals surface area contributed by atoms with Crippen molar-refractivity contribution in [2.45, 2.75) is 32.2 Å². The number of amides is 1. The summed E-state index contributed by atoms with van der Waals surface area (Å²) in [6.45, 7) is 3.38. The van der Waals surface area contributed by atoms with Gasteiger partial charge in [0.2, 0.25) is 5.91 Å². The van der Waals surface area contributed by atoms with Crippen LogP contribution in [0.15, 0.2) is 18.2 Å². The van der Waals surface area contributed by atoms with Gasteiger partial charge in [0.15, 0.2) is 9.84 Å². The minimum atomic E-state index is -3.10. The molecule has 1 saturated carbocycles. The standard InChI is InChI=1S/C16H21Cl2NO3S/c1-4-23(21,22)9-10(2)19(3)16(20)13-8-12(13)11-5-6-14(17)15(18)7-11/h5-7,10,12-13H,4,8-9H2,1-3H3. The first-order valence-electron chi connectivity index (χ1n) is 7.58. The van der Waals surface area contributed by atoms with Crippen molar-refractivity contribution in [3.05, 3.63) is 33.8 Å². The molecule has 0 aromatic heterocycles. The molecule has 0 spiro atoms. The molecule has 3 atom stereocenters. The van der Waals surface area contributed by atoms with E-state index in [2.05, 4.69) is 0 Å². The highest BCUT2D eigenvalue weighted by atomic mass is 35.5. The van der Waals surface area contributed by atoms with Gasteiger partial charge in [0, 0.05) is 24.8 Å². The molecule has 1 aromatic rings. The highest BCUT2D eigenvalue weighted by Gasteiger charge is 2.46. The lowest BCUT2D eigenvalue weighted by Gasteiger charge is -2.25. The molecule has 1 aromatic carbocycles. The van der Waals surface area contributed by atoms with E-state index in [1.165, 1.54) is 0 Å². The fraction of sp³-hybridized carbons (Fsp3) is 0.562. The van der Waals surface area contributed by atoms with Crippen molar-refractivity contribution < 1.29 is 13.2 Å². The van der Waals surface area contributed by atoms with Crippen molar-refractivity contribution in [3.63, 3.8) is 0 Å². The van der Waals surface area contributed by atoms with Crippen molar-refractivity contribution in [1.82, 2.24) is 4.90 Å². The Kier molecular flexibility index (Phi) is 5.64. The van der Waals surface area contributed by atoms with Crippen LogP contribution in [0.25, 0.3) is 0 Å². The zero-order valence-corrected chi connectivity index (χ0v) is 15.7. The van der Waals surface area contributed by atoms with Gasteiger partial charge in [-0.15, -0.1) is 0 Å². The summed E-state index contributed by atoms with van der Waals surface area (Å²) >= 11 is 11.9. The van der Waals surface area contributed by atoms with Crippen molar-refractivity contribution in [2.24, 2.45) is 5.92 Å². The maximum absolute atomic E-state index is 12.5. The summed E-state index contributed by atoms with van der Waals surface area (Å²) in [6, 6.07) is 5.09. The lowest BCUT2D eigenvalue weighted by Crippen LogP contribution is -2.40. The first-order chi connectivity index (χ1) is 10.7. The molecule has 23 heavy (non-hydrogen) atoms. The normalized spacial score (nSPS) is 21.8. The highest BCUT2D eigenvalue weighted by Crippen LogP contribution is 2.49. The van der Waals surface area contributed by atoms with Gasteiger partial charge in [-0.25, -0.2) is 8.42 Å². The van der Waals surface area contributed by atoms with Crippen LogP contribution in [0.3, 0.4) is 0 Å². The summed E-state index contributed by atoms with van der Waals surface area (Å²) in [5, 5.41) is 0.979. The third kappa shape index (κ3) is 4.40. The molecule has 1 amide bonds. The van der Waals surface area contributed by atoms with Gasteiger partial charge < -0.3 is 4.90 Å². The number of carbonyl (C=O) groups excluding carboxylic acids is 1. The number of hydrogen-bond acceptors (Lipinski definition) is 3. The van der Waals surface area contributed by atoms with E-state index in [1.54, 1.807) is 37.9 Å². The second-order valence-corrected chi connectivity index (χ2v) is 9.33. The molecule has 0 bridgehead atoms. The van der Waals surface area contributed by atoms with E-state index in [1.807, 2.05) is 6.07 Å². The third-order valence-corrected chi connectivity index (χ3v) is 7.03. The van der Waals surface area contributed by atoms with Crippen LogP contribution in [0.1, 0.15) is 31.7 Å². The summed E-state index contributed by atoms with van der Waals surface area (Å²) in [5.41, 5.74) is 1.000. The fourth-order valence-corrected chi connectivity index (χ4v) is 4.16. The summed E-state index contributed by atoms with van der Waals surface area (Å²) in [7, 11) is -1.44. The Hall–Kier alpha value is -0.780. The first kappa shape index (κ1) is 18.6. The first-order valence-corrected chi connectivity index (χ1v) is 10.2. The van der Waals surface area contributed by atoms with Crippen molar-refractivity contribution in [1.29, 1.82) is 0 Å². The zero-order chi connectivity index (χ0) is 17.4. The molecule has 3 unspecified atom stereocenters. The van der Waals surface area contributed by atoms with E-state index in [0.717, 1.165) is 12.0 Å². The van der Waals surface area contributed by atoms with E-state index in [9.17, 15) is 13.2 Å². The van der Waals surface area contributed by atoms with E-state index in [0.29, 0.717) is 10.0 Å². The summed E-state index contributed by atoms with van der Waals surface area (Å²) < 4.78 is 23.4. The SMILES string of the molecule is CCS(=O)(=O)CC(C)N(C)C(=O)C1CC1c1ccc(Cl)c(Cl)c1. The van der Waals surface area contributed by atoms with Crippen LogP contribution in [-0.2, 0) is 14.6 Å². The molecule has 1 aliphatic carbocycles.